The van der Waals surface area contributed by atoms with Crippen molar-refractivity contribution in [2.75, 3.05) is 41.6 Å². The SMILES string of the molecule is COCCCN1C(=O)C(=O)C(=C(O)c2ccc(OC)c(C)c2)[C@@H]1c1ccc(OC)cc1OC. The first-order valence-electron chi connectivity index (χ1n) is 10.5. The molecule has 0 aromatic heterocycles. The van der Waals surface area contributed by atoms with Crippen molar-refractivity contribution in [3.8, 4) is 17.2 Å². The number of carbonyl (C=O) groups excluding carboxylic acids is 2. The maximum absolute atomic E-state index is 13.1. The van der Waals surface area contributed by atoms with Crippen LogP contribution in [0.15, 0.2) is 42.0 Å². The highest BCUT2D eigenvalue weighted by Gasteiger charge is 2.46. The van der Waals surface area contributed by atoms with Crippen molar-refractivity contribution in [3.05, 3.63) is 58.7 Å². The Labute approximate surface area is 193 Å². The summed E-state index contributed by atoms with van der Waals surface area (Å²) in [5, 5.41) is 11.2. The van der Waals surface area contributed by atoms with Gasteiger partial charge in [0.25, 0.3) is 11.7 Å². The normalized spacial score (nSPS) is 17.4. The zero-order valence-electron chi connectivity index (χ0n) is 19.5. The Kier molecular flexibility index (Phi) is 7.60. The minimum atomic E-state index is -0.829. The predicted octanol–water partition coefficient (Wildman–Crippen LogP) is 3.48. The molecule has 0 unspecified atom stereocenters. The first-order chi connectivity index (χ1) is 15.9. The van der Waals surface area contributed by atoms with Gasteiger partial charge in [0.1, 0.15) is 23.0 Å². The average molecular weight is 456 g/mol. The number of methoxy groups -OCH3 is 4. The van der Waals surface area contributed by atoms with E-state index in [1.807, 2.05) is 6.92 Å². The minimum absolute atomic E-state index is 0.00505. The Hall–Kier alpha value is -3.52. The minimum Gasteiger partial charge on any atom is -0.507 e. The van der Waals surface area contributed by atoms with Crippen molar-refractivity contribution in [1.82, 2.24) is 4.90 Å². The maximum Gasteiger partial charge on any atom is 0.295 e. The largest absolute Gasteiger partial charge is 0.507 e. The number of carbonyl (C=O) groups is 2. The summed E-state index contributed by atoms with van der Waals surface area (Å²) in [5.74, 6) is -0.0225. The van der Waals surface area contributed by atoms with Gasteiger partial charge >= 0.3 is 0 Å². The lowest BCUT2D eigenvalue weighted by atomic mass is 9.94. The number of aliphatic hydroxyl groups excluding tert-OH is 1. The highest BCUT2D eigenvalue weighted by Crippen LogP contribution is 2.44. The lowest BCUT2D eigenvalue weighted by Crippen LogP contribution is -2.31. The predicted molar refractivity (Wildman–Crippen MR) is 123 cm³/mol. The number of benzene rings is 2. The number of rotatable bonds is 9. The molecule has 0 aliphatic carbocycles. The third-order valence-corrected chi connectivity index (χ3v) is 5.69. The number of ketones is 1. The molecule has 33 heavy (non-hydrogen) atoms. The Balaban J connectivity index is 2.20. The molecule has 1 heterocycles. The second-order valence-corrected chi connectivity index (χ2v) is 7.63. The van der Waals surface area contributed by atoms with Gasteiger partial charge in [-0.05, 0) is 49.2 Å². The Morgan fingerprint density at radius 3 is 2.30 bits per heavy atom. The van der Waals surface area contributed by atoms with E-state index in [1.54, 1.807) is 50.6 Å². The molecule has 176 valence electrons. The summed E-state index contributed by atoms with van der Waals surface area (Å²) in [6, 6.07) is 9.40. The fourth-order valence-electron chi connectivity index (χ4n) is 4.04. The summed E-state index contributed by atoms with van der Waals surface area (Å²) in [7, 11) is 6.17. The second-order valence-electron chi connectivity index (χ2n) is 7.63. The van der Waals surface area contributed by atoms with Gasteiger partial charge in [0, 0.05) is 37.5 Å². The Morgan fingerprint density at radius 2 is 1.70 bits per heavy atom. The van der Waals surface area contributed by atoms with Crippen LogP contribution in [0.1, 0.15) is 29.2 Å². The lowest BCUT2D eigenvalue weighted by Gasteiger charge is -2.26. The summed E-state index contributed by atoms with van der Waals surface area (Å²) in [4.78, 5) is 27.6. The molecule has 1 aliphatic rings. The van der Waals surface area contributed by atoms with Crippen LogP contribution in [0.4, 0.5) is 0 Å². The number of amides is 1. The second kappa shape index (κ2) is 10.4. The van der Waals surface area contributed by atoms with Crippen molar-refractivity contribution >= 4 is 17.4 Å². The van der Waals surface area contributed by atoms with Gasteiger partial charge in [-0.2, -0.15) is 0 Å². The van der Waals surface area contributed by atoms with Crippen LogP contribution in [0.3, 0.4) is 0 Å². The molecule has 1 fully saturated rings. The van der Waals surface area contributed by atoms with Crippen LogP contribution in [-0.2, 0) is 14.3 Å². The molecule has 8 heteroatoms. The molecule has 1 atom stereocenters. The number of hydrogen-bond acceptors (Lipinski definition) is 7. The highest BCUT2D eigenvalue weighted by atomic mass is 16.5. The number of Topliss-reactive ketones (excluding diaryl/α,β-unsaturated/α-hetero) is 1. The van der Waals surface area contributed by atoms with Gasteiger partial charge < -0.3 is 29.0 Å². The van der Waals surface area contributed by atoms with Gasteiger partial charge in [-0.3, -0.25) is 9.59 Å². The van der Waals surface area contributed by atoms with Gasteiger partial charge in [0.05, 0.1) is 32.9 Å². The molecule has 0 bridgehead atoms. The fourth-order valence-corrected chi connectivity index (χ4v) is 4.04. The van der Waals surface area contributed by atoms with Gasteiger partial charge in [-0.15, -0.1) is 0 Å². The van der Waals surface area contributed by atoms with E-state index in [0.717, 1.165) is 5.56 Å². The summed E-state index contributed by atoms with van der Waals surface area (Å²) >= 11 is 0. The quantitative estimate of drug-likeness (QED) is 0.268. The molecule has 0 saturated carbocycles. The molecule has 3 rings (SSSR count). The number of aliphatic hydroxyl groups is 1. The molecule has 1 amide bonds. The van der Waals surface area contributed by atoms with Crippen LogP contribution in [0.25, 0.3) is 5.76 Å². The van der Waals surface area contributed by atoms with E-state index in [0.29, 0.717) is 41.4 Å². The van der Waals surface area contributed by atoms with Crippen molar-refractivity contribution in [2.24, 2.45) is 0 Å². The number of nitrogens with zero attached hydrogens (tertiary/aromatic N) is 1. The van der Waals surface area contributed by atoms with Crippen molar-refractivity contribution in [2.45, 2.75) is 19.4 Å². The topological polar surface area (TPSA) is 94.5 Å². The molecule has 1 aliphatic heterocycles. The van der Waals surface area contributed by atoms with E-state index in [2.05, 4.69) is 0 Å². The summed E-state index contributed by atoms with van der Waals surface area (Å²) in [6.45, 7) is 2.53. The third kappa shape index (κ3) is 4.66. The monoisotopic (exact) mass is 455 g/mol. The Bertz CT molecular complexity index is 1080. The molecule has 2 aromatic rings. The van der Waals surface area contributed by atoms with E-state index in [9.17, 15) is 14.7 Å². The molecule has 8 nitrogen and oxygen atoms in total. The lowest BCUT2D eigenvalue weighted by molar-refractivity contribution is -0.140. The zero-order chi connectivity index (χ0) is 24.1. The number of ether oxygens (including phenoxy) is 4. The summed E-state index contributed by atoms with van der Waals surface area (Å²) in [6.07, 6.45) is 0.528. The van der Waals surface area contributed by atoms with E-state index in [4.69, 9.17) is 18.9 Å². The van der Waals surface area contributed by atoms with Crippen molar-refractivity contribution < 1.29 is 33.6 Å². The third-order valence-electron chi connectivity index (χ3n) is 5.69. The highest BCUT2D eigenvalue weighted by molar-refractivity contribution is 6.46. The number of likely N-dealkylation sites (tertiary alicyclic amines) is 1. The smallest absolute Gasteiger partial charge is 0.295 e. The molecule has 0 spiro atoms. The van der Waals surface area contributed by atoms with Gasteiger partial charge in [0.2, 0.25) is 0 Å². The van der Waals surface area contributed by atoms with Crippen molar-refractivity contribution in [1.29, 1.82) is 0 Å². The van der Waals surface area contributed by atoms with Gasteiger partial charge in [-0.25, -0.2) is 0 Å². The Morgan fingerprint density at radius 1 is 0.970 bits per heavy atom. The van der Waals surface area contributed by atoms with Crippen LogP contribution >= 0.6 is 0 Å². The first-order valence-corrected chi connectivity index (χ1v) is 10.5. The number of hydrogen-bond donors (Lipinski definition) is 1. The van der Waals surface area contributed by atoms with Crippen LogP contribution in [0.5, 0.6) is 17.2 Å². The zero-order valence-corrected chi connectivity index (χ0v) is 19.5. The summed E-state index contributed by atoms with van der Waals surface area (Å²) in [5.41, 5.74) is 1.78. The van der Waals surface area contributed by atoms with Crippen LogP contribution in [-0.4, -0.2) is 63.3 Å². The molecular weight excluding hydrogens is 426 g/mol. The molecule has 1 saturated heterocycles. The van der Waals surface area contributed by atoms with E-state index >= 15 is 0 Å². The molecule has 2 aromatic carbocycles. The number of aryl methyl sites for hydroxylation is 1. The van der Waals surface area contributed by atoms with Crippen LogP contribution < -0.4 is 14.2 Å². The molecule has 0 radical (unpaired) electrons. The molecule has 1 N–H and O–H groups in total. The van der Waals surface area contributed by atoms with E-state index in [-0.39, 0.29) is 17.9 Å². The first kappa shape index (κ1) is 24.1. The maximum atomic E-state index is 13.1. The van der Waals surface area contributed by atoms with Gasteiger partial charge in [-0.1, -0.05) is 0 Å². The molecular formula is C25H29NO7. The van der Waals surface area contributed by atoms with E-state index < -0.39 is 17.7 Å². The average Bonchev–Trinajstić information content (AvgIpc) is 3.08. The van der Waals surface area contributed by atoms with Crippen LogP contribution in [0, 0.1) is 6.92 Å². The fraction of sp³-hybridized carbons (Fsp3) is 0.360. The van der Waals surface area contributed by atoms with E-state index in [1.165, 1.54) is 19.1 Å². The van der Waals surface area contributed by atoms with Gasteiger partial charge in [0.15, 0.2) is 0 Å². The summed E-state index contributed by atoms with van der Waals surface area (Å²) < 4.78 is 21.2. The standard InChI is InChI=1S/C25H29NO7/c1-15-13-16(7-10-19(15)32-4)23(27)21-22(18-9-8-17(31-3)14-20(18)33-5)26(11-6-12-30-2)25(29)24(21)28/h7-10,13-14,22,27H,6,11-12H2,1-5H3/t22-/m0/s1. The van der Waals surface area contributed by atoms with Crippen LogP contribution in [0.2, 0.25) is 0 Å². The van der Waals surface area contributed by atoms with Crippen molar-refractivity contribution in [3.63, 3.8) is 0 Å².